The molecule has 0 aliphatic rings. The molecule has 0 aliphatic carbocycles. The van der Waals surface area contributed by atoms with Crippen LogP contribution in [-0.2, 0) is 6.42 Å². The second kappa shape index (κ2) is 6.45. The Morgan fingerprint density at radius 3 is 2.83 bits per heavy atom. The smallest absolute Gasteiger partial charge is 0.0701 e. The Labute approximate surface area is 121 Å². The number of hydrogen-bond donors (Lipinski definition) is 1. The molecule has 0 aliphatic heterocycles. The summed E-state index contributed by atoms with van der Waals surface area (Å²) in [6, 6.07) is 8.81. The molecule has 0 aromatic carbocycles. The number of aromatic nitrogens is 1. The second-order valence-corrected chi connectivity index (χ2v) is 6.75. The summed E-state index contributed by atoms with van der Waals surface area (Å²) >= 11 is 5.32. The Kier molecular flexibility index (Phi) is 4.92. The zero-order valence-corrected chi connectivity index (χ0v) is 13.0. The Morgan fingerprint density at radius 2 is 2.22 bits per heavy atom. The van der Waals surface area contributed by atoms with E-state index in [4.69, 9.17) is 0 Å². The molecule has 4 heteroatoms. The van der Waals surface area contributed by atoms with Gasteiger partial charge in [-0.2, -0.15) is 0 Å². The summed E-state index contributed by atoms with van der Waals surface area (Å²) in [4.78, 5) is 5.77. The van der Waals surface area contributed by atoms with E-state index in [1.807, 2.05) is 12.3 Å². The molecule has 0 saturated carbocycles. The van der Waals surface area contributed by atoms with Gasteiger partial charge >= 0.3 is 0 Å². The van der Waals surface area contributed by atoms with Crippen LogP contribution in [0.1, 0.15) is 29.1 Å². The van der Waals surface area contributed by atoms with Crippen LogP contribution in [0.15, 0.2) is 34.2 Å². The van der Waals surface area contributed by atoms with Crippen LogP contribution < -0.4 is 5.32 Å². The molecule has 0 amide bonds. The first-order valence-electron chi connectivity index (χ1n) is 6.09. The van der Waals surface area contributed by atoms with Crippen molar-refractivity contribution in [2.45, 2.75) is 26.3 Å². The fourth-order valence-corrected chi connectivity index (χ4v) is 3.59. The third-order valence-corrected chi connectivity index (χ3v) is 4.55. The molecule has 0 radical (unpaired) electrons. The fourth-order valence-electron chi connectivity index (χ4n) is 2.07. The number of likely N-dealkylation sites (N-methyl/N-ethyl adjacent to an activating group) is 1. The molecule has 0 fully saturated rings. The van der Waals surface area contributed by atoms with Crippen LogP contribution >= 0.6 is 27.3 Å². The van der Waals surface area contributed by atoms with Gasteiger partial charge in [-0.25, -0.2) is 0 Å². The number of nitrogens with zero attached hydrogens (tertiary/aromatic N) is 1. The SMILES string of the molecule is CCNC(Cc1ccc(Br)s1)c1cccnc1C. The van der Waals surface area contributed by atoms with Crippen molar-refractivity contribution in [3.05, 3.63) is 50.4 Å². The Balaban J connectivity index is 2.20. The number of nitrogens with one attached hydrogen (secondary N) is 1. The Bertz CT molecular complexity index is 510. The van der Waals surface area contributed by atoms with Gasteiger partial charge in [-0.05, 0) is 53.2 Å². The zero-order valence-electron chi connectivity index (χ0n) is 10.6. The zero-order chi connectivity index (χ0) is 13.0. The first-order chi connectivity index (χ1) is 8.70. The van der Waals surface area contributed by atoms with Crippen molar-refractivity contribution >= 4 is 27.3 Å². The average Bonchev–Trinajstić information content (AvgIpc) is 2.75. The maximum Gasteiger partial charge on any atom is 0.0701 e. The van der Waals surface area contributed by atoms with Gasteiger partial charge < -0.3 is 5.32 Å². The Hall–Kier alpha value is -0.710. The topological polar surface area (TPSA) is 24.9 Å². The highest BCUT2D eigenvalue weighted by molar-refractivity contribution is 9.11. The number of rotatable bonds is 5. The lowest BCUT2D eigenvalue weighted by Crippen LogP contribution is -2.23. The van der Waals surface area contributed by atoms with Gasteiger partial charge in [-0.15, -0.1) is 11.3 Å². The lowest BCUT2D eigenvalue weighted by atomic mass is 10.0. The summed E-state index contributed by atoms with van der Waals surface area (Å²) in [5, 5.41) is 3.55. The average molecular weight is 325 g/mol. The van der Waals surface area contributed by atoms with Crippen LogP contribution in [0.5, 0.6) is 0 Å². The van der Waals surface area contributed by atoms with Crippen molar-refractivity contribution in [3.63, 3.8) is 0 Å². The van der Waals surface area contributed by atoms with Crippen molar-refractivity contribution in [2.75, 3.05) is 6.54 Å². The van der Waals surface area contributed by atoms with Gasteiger partial charge in [0.15, 0.2) is 0 Å². The molecule has 0 spiro atoms. The van der Waals surface area contributed by atoms with Gasteiger partial charge in [0, 0.05) is 29.2 Å². The van der Waals surface area contributed by atoms with Crippen LogP contribution in [0.3, 0.4) is 0 Å². The van der Waals surface area contributed by atoms with Crippen molar-refractivity contribution in [1.29, 1.82) is 0 Å². The molecule has 96 valence electrons. The lowest BCUT2D eigenvalue weighted by Gasteiger charge is -2.19. The standard InChI is InChI=1S/C14H17BrN2S/c1-3-16-13(9-11-6-7-14(15)18-11)12-5-4-8-17-10(12)2/h4-8,13,16H,3,9H2,1-2H3. The van der Waals surface area contributed by atoms with E-state index < -0.39 is 0 Å². The quantitative estimate of drug-likeness (QED) is 0.895. The predicted molar refractivity (Wildman–Crippen MR) is 81.1 cm³/mol. The van der Waals surface area contributed by atoms with Crippen molar-refractivity contribution in [1.82, 2.24) is 10.3 Å². The fraction of sp³-hybridized carbons (Fsp3) is 0.357. The summed E-state index contributed by atoms with van der Waals surface area (Å²) in [5.74, 6) is 0. The van der Waals surface area contributed by atoms with Gasteiger partial charge in [-0.1, -0.05) is 13.0 Å². The maximum absolute atomic E-state index is 4.38. The number of halogens is 1. The molecule has 0 saturated heterocycles. The molecule has 0 bridgehead atoms. The number of pyridine rings is 1. The second-order valence-electron chi connectivity index (χ2n) is 4.20. The maximum atomic E-state index is 4.38. The van der Waals surface area contributed by atoms with Gasteiger partial charge in [0.05, 0.1) is 3.79 Å². The molecule has 2 aromatic heterocycles. The first-order valence-corrected chi connectivity index (χ1v) is 7.70. The van der Waals surface area contributed by atoms with E-state index in [1.54, 1.807) is 11.3 Å². The summed E-state index contributed by atoms with van der Waals surface area (Å²) in [6.07, 6.45) is 2.86. The monoisotopic (exact) mass is 324 g/mol. The molecule has 2 heterocycles. The molecule has 2 nitrogen and oxygen atoms in total. The van der Waals surface area contributed by atoms with Crippen LogP contribution in [0.25, 0.3) is 0 Å². The van der Waals surface area contributed by atoms with E-state index in [1.165, 1.54) is 14.2 Å². The van der Waals surface area contributed by atoms with E-state index in [0.717, 1.165) is 18.7 Å². The minimum Gasteiger partial charge on any atom is -0.310 e. The van der Waals surface area contributed by atoms with Crippen molar-refractivity contribution < 1.29 is 0 Å². The number of aryl methyl sites for hydroxylation is 1. The van der Waals surface area contributed by atoms with E-state index in [0.29, 0.717) is 6.04 Å². The number of hydrogen-bond acceptors (Lipinski definition) is 3. The molecule has 2 aromatic rings. The predicted octanol–water partition coefficient (Wildman–Crippen LogP) is 4.11. The van der Waals surface area contributed by atoms with Gasteiger partial charge in [-0.3, -0.25) is 4.98 Å². The molecule has 1 atom stereocenters. The Morgan fingerprint density at radius 1 is 1.39 bits per heavy atom. The lowest BCUT2D eigenvalue weighted by molar-refractivity contribution is 0.548. The third-order valence-electron chi connectivity index (χ3n) is 2.91. The molecule has 1 N–H and O–H groups in total. The minimum absolute atomic E-state index is 0.342. The van der Waals surface area contributed by atoms with E-state index in [2.05, 4.69) is 58.3 Å². The van der Waals surface area contributed by atoms with Crippen LogP contribution in [-0.4, -0.2) is 11.5 Å². The van der Waals surface area contributed by atoms with E-state index in [9.17, 15) is 0 Å². The van der Waals surface area contributed by atoms with Crippen LogP contribution in [0, 0.1) is 6.92 Å². The summed E-state index contributed by atoms with van der Waals surface area (Å²) in [6.45, 7) is 5.18. The summed E-state index contributed by atoms with van der Waals surface area (Å²) in [5.41, 5.74) is 2.41. The van der Waals surface area contributed by atoms with Crippen LogP contribution in [0.4, 0.5) is 0 Å². The van der Waals surface area contributed by atoms with Crippen LogP contribution in [0.2, 0.25) is 0 Å². The highest BCUT2D eigenvalue weighted by atomic mass is 79.9. The highest BCUT2D eigenvalue weighted by Gasteiger charge is 2.14. The van der Waals surface area contributed by atoms with Gasteiger partial charge in [0.2, 0.25) is 0 Å². The molecular weight excluding hydrogens is 308 g/mol. The number of thiophene rings is 1. The van der Waals surface area contributed by atoms with Crippen molar-refractivity contribution in [3.8, 4) is 0 Å². The van der Waals surface area contributed by atoms with E-state index >= 15 is 0 Å². The summed E-state index contributed by atoms with van der Waals surface area (Å²) in [7, 11) is 0. The van der Waals surface area contributed by atoms with Gasteiger partial charge in [0.1, 0.15) is 0 Å². The largest absolute Gasteiger partial charge is 0.310 e. The molecule has 18 heavy (non-hydrogen) atoms. The minimum atomic E-state index is 0.342. The van der Waals surface area contributed by atoms with E-state index in [-0.39, 0.29) is 0 Å². The summed E-state index contributed by atoms with van der Waals surface area (Å²) < 4.78 is 1.19. The van der Waals surface area contributed by atoms with Crippen molar-refractivity contribution in [2.24, 2.45) is 0 Å². The molecule has 2 rings (SSSR count). The normalized spacial score (nSPS) is 12.6. The molecular formula is C14H17BrN2S. The molecule has 1 unspecified atom stereocenters. The highest BCUT2D eigenvalue weighted by Crippen LogP contribution is 2.27. The third kappa shape index (κ3) is 3.40. The first kappa shape index (κ1) is 13.7. The van der Waals surface area contributed by atoms with Gasteiger partial charge in [0.25, 0.3) is 0 Å².